The predicted octanol–water partition coefficient (Wildman–Crippen LogP) is 7.53. The minimum atomic E-state index is -4.44. The monoisotopic (exact) mass is 717 g/mol. The number of likely N-dealkylation sites (tertiary alicyclic amines) is 1. The van der Waals surface area contributed by atoms with E-state index in [4.69, 9.17) is 16.4 Å². The van der Waals surface area contributed by atoms with Gasteiger partial charge in [0, 0.05) is 30.9 Å². The van der Waals surface area contributed by atoms with Gasteiger partial charge in [0.25, 0.3) is 0 Å². The molecule has 48 heavy (non-hydrogen) atoms. The number of benzene rings is 1. The minimum absolute atomic E-state index is 0. The van der Waals surface area contributed by atoms with Crippen molar-refractivity contribution in [3.8, 4) is 0 Å². The zero-order valence-corrected chi connectivity index (χ0v) is 32.6. The summed E-state index contributed by atoms with van der Waals surface area (Å²) in [6.45, 7) is 21.3. The third-order valence-electron chi connectivity index (χ3n) is 6.04. The molecule has 268 valence electrons. The Morgan fingerprint density at radius 3 is 1.98 bits per heavy atom. The van der Waals surface area contributed by atoms with E-state index in [1.807, 2.05) is 48.5 Å². The van der Waals surface area contributed by atoms with Crippen molar-refractivity contribution in [1.82, 2.24) is 19.7 Å². The second-order valence-corrected chi connectivity index (χ2v) is 10.1. The summed E-state index contributed by atoms with van der Waals surface area (Å²) in [4.78, 5) is 14.4. The van der Waals surface area contributed by atoms with Gasteiger partial charge in [-0.05, 0) is 62.1 Å². The van der Waals surface area contributed by atoms with Gasteiger partial charge < -0.3 is 15.6 Å². The van der Waals surface area contributed by atoms with Crippen molar-refractivity contribution in [2.45, 2.75) is 112 Å². The molecule has 14 heteroatoms. The Hall–Kier alpha value is -2.28. The number of fused-ring (bicyclic) bond motifs is 1. The van der Waals surface area contributed by atoms with Crippen molar-refractivity contribution in [3.05, 3.63) is 70.8 Å². The van der Waals surface area contributed by atoms with E-state index in [1.54, 1.807) is 0 Å². The van der Waals surface area contributed by atoms with Gasteiger partial charge in [0.05, 0.1) is 11.4 Å². The van der Waals surface area contributed by atoms with Crippen LogP contribution >= 0.6 is 11.6 Å². The molecule has 2 aliphatic rings. The van der Waals surface area contributed by atoms with Gasteiger partial charge in [0.2, 0.25) is 6.41 Å². The largest absolute Gasteiger partial charge is 1.00 e. The molecule has 3 aromatic rings. The molecule has 0 unspecified atom stereocenters. The molecule has 5 rings (SSSR count). The van der Waals surface area contributed by atoms with Crippen LogP contribution in [0.1, 0.15) is 103 Å². The van der Waals surface area contributed by atoms with Crippen LogP contribution in [-0.2, 0) is 17.5 Å². The van der Waals surface area contributed by atoms with Crippen LogP contribution in [0, 0.1) is 13.0 Å². The van der Waals surface area contributed by atoms with Crippen molar-refractivity contribution in [2.75, 3.05) is 13.1 Å². The van der Waals surface area contributed by atoms with E-state index < -0.39 is 24.6 Å². The Morgan fingerprint density at radius 1 is 1.04 bits per heavy atom. The Labute approximate surface area is 309 Å². The third kappa shape index (κ3) is 20.9. The van der Waals surface area contributed by atoms with Crippen molar-refractivity contribution in [3.63, 3.8) is 0 Å². The maximum absolute atomic E-state index is 12.3. The summed E-state index contributed by atoms with van der Waals surface area (Å²) >= 11 is 5.68. The average molecular weight is 718 g/mol. The van der Waals surface area contributed by atoms with E-state index in [9.17, 15) is 26.3 Å². The van der Waals surface area contributed by atoms with Gasteiger partial charge in [-0.2, -0.15) is 31.4 Å². The van der Waals surface area contributed by atoms with E-state index in [0.29, 0.717) is 16.3 Å². The number of carbonyl (C=O) groups is 1. The smallest absolute Gasteiger partial charge is 0.376 e. The topological polar surface area (TPSA) is 77.0 Å². The number of piperidine rings is 1. The van der Waals surface area contributed by atoms with Crippen molar-refractivity contribution >= 4 is 28.9 Å². The summed E-state index contributed by atoms with van der Waals surface area (Å²) in [6.07, 6.45) is -0.665. The molecule has 2 fully saturated rings. The van der Waals surface area contributed by atoms with E-state index in [1.165, 1.54) is 62.4 Å². The molecular formula is C34H51ClF6N5NaO. The molecule has 1 amide bonds. The fourth-order valence-corrected chi connectivity index (χ4v) is 4.18. The van der Waals surface area contributed by atoms with Crippen molar-refractivity contribution in [2.24, 2.45) is 5.73 Å². The molecule has 0 atom stereocenters. The number of hydrogen-bond donors (Lipinski definition) is 1. The number of primary amides is 1. The van der Waals surface area contributed by atoms with Gasteiger partial charge in [0.15, 0.2) is 0 Å². The first kappa shape index (κ1) is 50.1. The number of hydrogen-bond acceptors (Lipinski definition) is 4. The Morgan fingerprint density at radius 2 is 1.56 bits per heavy atom. The summed E-state index contributed by atoms with van der Waals surface area (Å²) in [6, 6.07) is 7.76. The average Bonchev–Trinajstić information content (AvgIpc) is 3.82. The number of nitrogens with two attached hydrogens (primary N) is 1. The molecular weight excluding hydrogens is 667 g/mol. The summed E-state index contributed by atoms with van der Waals surface area (Å²) < 4.78 is 74.0. The van der Waals surface area contributed by atoms with Crippen LogP contribution in [0.5, 0.6) is 0 Å². The van der Waals surface area contributed by atoms with Crippen LogP contribution in [0.25, 0.3) is 10.9 Å². The Kier molecular flexibility index (Phi) is 27.7. The molecule has 2 aromatic heterocycles. The van der Waals surface area contributed by atoms with Crippen LogP contribution in [0.2, 0.25) is 5.02 Å². The maximum atomic E-state index is 12.3. The first-order valence-corrected chi connectivity index (χ1v) is 16.2. The van der Waals surface area contributed by atoms with Crippen LogP contribution in [-0.4, -0.2) is 45.3 Å². The summed E-state index contributed by atoms with van der Waals surface area (Å²) in [5.41, 5.74) is 6.40. The number of aryl methyl sites for hydroxylation is 1. The zero-order valence-electron chi connectivity index (χ0n) is 29.8. The number of amides is 1. The molecule has 1 saturated heterocycles. The number of carbonyl (C=O) groups excluding carboxylic acids is 1. The van der Waals surface area contributed by atoms with Gasteiger partial charge in [-0.3, -0.25) is 9.48 Å². The van der Waals surface area contributed by atoms with Crippen LogP contribution < -0.4 is 35.3 Å². The molecule has 0 radical (unpaired) electrons. The number of halogens is 7. The van der Waals surface area contributed by atoms with Crippen molar-refractivity contribution < 1.29 is 60.7 Å². The maximum Gasteiger partial charge on any atom is 1.00 e. The molecule has 0 bridgehead atoms. The number of allylic oxidation sites excluding steroid dienone is 1. The first-order chi connectivity index (χ1) is 22.1. The molecule has 6 nitrogen and oxygen atoms in total. The van der Waals surface area contributed by atoms with Crippen LogP contribution in [0.15, 0.2) is 42.7 Å². The number of alkyl halides is 6. The molecule has 0 spiro atoms. The van der Waals surface area contributed by atoms with Crippen LogP contribution in [0.3, 0.4) is 0 Å². The summed E-state index contributed by atoms with van der Waals surface area (Å²) in [7, 11) is 0. The number of nitrogens with zero attached hydrogens (tertiary/aromatic N) is 4. The summed E-state index contributed by atoms with van der Waals surface area (Å²) in [5, 5.41) is 4.87. The fraction of sp³-hybridized carbons (Fsp3) is 0.559. The SMILES string of the molecule is C=C(C)N1CCCCC1.CC.CC.CC.Cc1cn(CC(F)(F)F)nc1C1CC1.FC(F)(F)c1c[c-]c2cc(Cl)ccc2n1.NC=O.[Na+]. The second kappa shape index (κ2) is 26.6. The van der Waals surface area contributed by atoms with Gasteiger partial charge in [-0.15, -0.1) is 23.6 Å². The van der Waals surface area contributed by atoms with Gasteiger partial charge in [-0.25, -0.2) is 0 Å². The molecule has 1 saturated carbocycles. The van der Waals surface area contributed by atoms with E-state index in [2.05, 4.69) is 40.3 Å². The third-order valence-corrected chi connectivity index (χ3v) is 6.27. The van der Waals surface area contributed by atoms with Gasteiger partial charge in [0.1, 0.15) is 6.54 Å². The fourth-order valence-electron chi connectivity index (χ4n) is 4.01. The van der Waals surface area contributed by atoms with E-state index in [-0.39, 0.29) is 41.5 Å². The molecule has 1 aliphatic carbocycles. The number of rotatable bonds is 3. The quantitative estimate of drug-likeness (QED) is 0.132. The zero-order chi connectivity index (χ0) is 36.8. The first-order valence-electron chi connectivity index (χ1n) is 15.9. The van der Waals surface area contributed by atoms with E-state index >= 15 is 0 Å². The molecule has 3 heterocycles. The Bertz CT molecular complexity index is 1290. The predicted molar refractivity (Wildman–Crippen MR) is 180 cm³/mol. The Balaban J connectivity index is -0.000000570. The number of pyridine rings is 1. The second-order valence-electron chi connectivity index (χ2n) is 9.65. The normalized spacial score (nSPS) is 13.2. The molecule has 1 aromatic carbocycles. The van der Waals surface area contributed by atoms with Gasteiger partial charge in [-0.1, -0.05) is 71.9 Å². The van der Waals surface area contributed by atoms with Crippen LogP contribution in [0.4, 0.5) is 26.3 Å². The standard InChI is InChI=1S/C10H4ClF3N.C9H11F3N2.C8H15N.3C2H6.CH3NO.Na/c11-7-2-3-8-6(5-7)1-4-9(15-8)10(12,13)14;1-6-4-14(5-9(10,11)12)13-8(6)7-2-3-7;1-8(2)9-6-4-3-5-7-9;3*1-2;2-1-3;/h2-5H;4,7H,2-3,5H2,1H3;1,3-7H2,2H3;3*1-2H3;1H,(H2,2,3);/q-1;;;;;;;+1. The van der Waals surface area contributed by atoms with Gasteiger partial charge >= 0.3 is 41.9 Å². The molecule has 1 aliphatic heterocycles. The minimum Gasteiger partial charge on any atom is -0.376 e. The van der Waals surface area contributed by atoms with E-state index in [0.717, 1.165) is 34.8 Å². The number of aromatic nitrogens is 3. The molecule has 2 N–H and O–H groups in total. The van der Waals surface area contributed by atoms with Crippen molar-refractivity contribution in [1.29, 1.82) is 0 Å². The summed E-state index contributed by atoms with van der Waals surface area (Å²) in [5.74, 6) is 0.407.